The number of hydrogen-bond donors (Lipinski definition) is 1. The molecule has 1 N–H and O–H groups in total. The van der Waals surface area contributed by atoms with Crippen molar-refractivity contribution in [3.8, 4) is 28.3 Å². The van der Waals surface area contributed by atoms with Gasteiger partial charge in [0.05, 0.1) is 12.7 Å². The molecular weight excluding hydrogens is 430 g/mol. The smallest absolute Gasteiger partial charge is 0.291 e. The zero-order valence-corrected chi connectivity index (χ0v) is 19.1. The van der Waals surface area contributed by atoms with E-state index < -0.39 is 0 Å². The molecule has 172 valence electrons. The van der Waals surface area contributed by atoms with Crippen molar-refractivity contribution in [1.29, 1.82) is 0 Å². The summed E-state index contributed by atoms with van der Waals surface area (Å²) >= 11 is 0. The highest BCUT2D eigenvalue weighted by atomic mass is 16.1. The standard InChI is InChI=1S/C24H25N9O/c1-3-4-5-20-16-33(22-11-13-26-31(22)2)24(34)32(20)15-19-14-25-12-10-21(19)17-6-8-18(9-7-17)23-27-29-30-28-23/h6-14,16H,3-5,15H2,1-2H3,(H,27,28,29,30). The summed E-state index contributed by atoms with van der Waals surface area (Å²) in [6.45, 7) is 2.58. The molecule has 5 aromatic rings. The van der Waals surface area contributed by atoms with Crippen LogP contribution in [0.15, 0.2) is 66.0 Å². The van der Waals surface area contributed by atoms with Crippen LogP contribution in [-0.4, -0.2) is 44.5 Å². The molecule has 0 spiro atoms. The number of aryl methyl sites for hydroxylation is 2. The molecule has 1 aromatic carbocycles. The van der Waals surface area contributed by atoms with Gasteiger partial charge in [0.25, 0.3) is 0 Å². The quantitative estimate of drug-likeness (QED) is 0.385. The Morgan fingerprint density at radius 1 is 1.03 bits per heavy atom. The maximum absolute atomic E-state index is 13.5. The molecule has 5 rings (SSSR count). The van der Waals surface area contributed by atoms with Crippen molar-refractivity contribution >= 4 is 0 Å². The average molecular weight is 456 g/mol. The lowest BCUT2D eigenvalue weighted by molar-refractivity contribution is 0.664. The molecule has 4 heterocycles. The van der Waals surface area contributed by atoms with Gasteiger partial charge in [-0.15, -0.1) is 10.2 Å². The van der Waals surface area contributed by atoms with Gasteiger partial charge < -0.3 is 0 Å². The van der Waals surface area contributed by atoms with Crippen LogP contribution < -0.4 is 5.69 Å². The van der Waals surface area contributed by atoms with Crippen LogP contribution in [0.2, 0.25) is 0 Å². The number of pyridine rings is 1. The van der Waals surface area contributed by atoms with Crippen molar-refractivity contribution in [2.45, 2.75) is 32.7 Å². The van der Waals surface area contributed by atoms with Crippen LogP contribution in [0.4, 0.5) is 0 Å². The van der Waals surface area contributed by atoms with Gasteiger partial charge in [-0.1, -0.05) is 37.6 Å². The van der Waals surface area contributed by atoms with E-state index in [2.05, 4.69) is 37.6 Å². The van der Waals surface area contributed by atoms with Crippen molar-refractivity contribution in [3.05, 3.63) is 82.9 Å². The van der Waals surface area contributed by atoms with Crippen molar-refractivity contribution in [2.75, 3.05) is 0 Å². The van der Waals surface area contributed by atoms with Gasteiger partial charge in [0, 0.05) is 43.0 Å². The number of rotatable bonds is 8. The number of aromatic nitrogens is 9. The van der Waals surface area contributed by atoms with Gasteiger partial charge in [-0.05, 0) is 40.8 Å². The number of hydrogen-bond acceptors (Lipinski definition) is 6. The Hall–Kier alpha value is -4.34. The first-order chi connectivity index (χ1) is 16.7. The minimum atomic E-state index is -0.0861. The number of unbranched alkanes of at least 4 members (excludes halogenated alkanes) is 1. The van der Waals surface area contributed by atoms with E-state index in [4.69, 9.17) is 0 Å². The first-order valence-corrected chi connectivity index (χ1v) is 11.2. The largest absolute Gasteiger partial charge is 0.334 e. The average Bonchev–Trinajstić information content (AvgIpc) is 3.61. The summed E-state index contributed by atoms with van der Waals surface area (Å²) in [5.74, 6) is 1.29. The molecule has 0 saturated heterocycles. The topological polar surface area (TPSA) is 112 Å². The second-order valence-corrected chi connectivity index (χ2v) is 8.12. The van der Waals surface area contributed by atoms with E-state index in [0.717, 1.165) is 53.0 Å². The van der Waals surface area contributed by atoms with Crippen LogP contribution in [0.5, 0.6) is 0 Å². The fraction of sp³-hybridized carbons (Fsp3) is 0.250. The van der Waals surface area contributed by atoms with Gasteiger partial charge in [-0.3, -0.25) is 18.8 Å². The molecule has 0 unspecified atom stereocenters. The van der Waals surface area contributed by atoms with E-state index in [1.54, 1.807) is 21.6 Å². The van der Waals surface area contributed by atoms with E-state index in [9.17, 15) is 4.79 Å². The molecule has 34 heavy (non-hydrogen) atoms. The number of tetrazole rings is 1. The molecule has 0 fully saturated rings. The SMILES string of the molecule is CCCCc1cn(-c2ccnn2C)c(=O)n1Cc1cnccc1-c1ccc(-c2nn[nH]n2)cc1. The summed E-state index contributed by atoms with van der Waals surface area (Å²) in [4.78, 5) is 17.8. The molecule has 0 radical (unpaired) electrons. The summed E-state index contributed by atoms with van der Waals surface area (Å²) in [6.07, 6.45) is 10.1. The first kappa shape index (κ1) is 21.5. The molecule has 10 nitrogen and oxygen atoms in total. The van der Waals surface area contributed by atoms with Crippen LogP contribution in [0.1, 0.15) is 31.0 Å². The van der Waals surface area contributed by atoms with Gasteiger partial charge in [0.1, 0.15) is 5.82 Å². The van der Waals surface area contributed by atoms with Crippen LogP contribution >= 0.6 is 0 Å². The zero-order valence-electron chi connectivity index (χ0n) is 19.1. The Morgan fingerprint density at radius 3 is 2.56 bits per heavy atom. The van der Waals surface area contributed by atoms with Gasteiger partial charge in [-0.25, -0.2) is 4.79 Å². The van der Waals surface area contributed by atoms with Crippen LogP contribution in [0.25, 0.3) is 28.3 Å². The third-order valence-corrected chi connectivity index (χ3v) is 5.92. The lowest BCUT2D eigenvalue weighted by atomic mass is 10.00. The molecule has 0 bridgehead atoms. The fourth-order valence-corrected chi connectivity index (χ4v) is 4.11. The Balaban J connectivity index is 1.52. The number of imidazole rings is 1. The molecular formula is C24H25N9O. The van der Waals surface area contributed by atoms with E-state index in [1.807, 2.05) is 60.4 Å². The molecule has 0 atom stereocenters. The predicted octanol–water partition coefficient (Wildman–Crippen LogP) is 3.01. The molecule has 0 saturated carbocycles. The number of nitrogens with one attached hydrogen (secondary N) is 1. The van der Waals surface area contributed by atoms with Gasteiger partial charge in [0.2, 0.25) is 5.82 Å². The number of H-pyrrole nitrogens is 1. The van der Waals surface area contributed by atoms with E-state index in [0.29, 0.717) is 12.4 Å². The van der Waals surface area contributed by atoms with Gasteiger partial charge in [-0.2, -0.15) is 10.3 Å². The molecule has 0 aliphatic heterocycles. The van der Waals surface area contributed by atoms with E-state index in [1.165, 1.54) is 0 Å². The molecule has 0 aliphatic carbocycles. The van der Waals surface area contributed by atoms with Crippen molar-refractivity contribution in [1.82, 2.24) is 44.5 Å². The maximum Gasteiger partial charge on any atom is 0.334 e. The summed E-state index contributed by atoms with van der Waals surface area (Å²) in [5, 5.41) is 18.4. The minimum Gasteiger partial charge on any atom is -0.291 e. The first-order valence-electron chi connectivity index (χ1n) is 11.2. The van der Waals surface area contributed by atoms with Crippen molar-refractivity contribution in [3.63, 3.8) is 0 Å². The lowest BCUT2D eigenvalue weighted by Gasteiger charge is -2.12. The number of nitrogens with zero attached hydrogens (tertiary/aromatic N) is 8. The number of benzene rings is 1. The third-order valence-electron chi connectivity index (χ3n) is 5.92. The van der Waals surface area contributed by atoms with Crippen molar-refractivity contribution in [2.24, 2.45) is 7.05 Å². The maximum atomic E-state index is 13.5. The summed E-state index contributed by atoms with van der Waals surface area (Å²) in [6, 6.07) is 11.8. The van der Waals surface area contributed by atoms with Crippen LogP contribution in [-0.2, 0) is 20.0 Å². The van der Waals surface area contributed by atoms with Gasteiger partial charge in [0.15, 0.2) is 0 Å². The Labute approximate surface area is 195 Å². The predicted molar refractivity (Wildman–Crippen MR) is 127 cm³/mol. The highest BCUT2D eigenvalue weighted by molar-refractivity contribution is 5.69. The Morgan fingerprint density at radius 2 is 1.85 bits per heavy atom. The third kappa shape index (κ3) is 4.05. The summed E-state index contributed by atoms with van der Waals surface area (Å²) in [7, 11) is 1.84. The second kappa shape index (κ2) is 9.26. The molecule has 10 heteroatoms. The molecule has 0 amide bonds. The summed E-state index contributed by atoms with van der Waals surface area (Å²) in [5.41, 5.74) is 4.80. The monoisotopic (exact) mass is 455 g/mol. The minimum absolute atomic E-state index is 0.0861. The van der Waals surface area contributed by atoms with E-state index >= 15 is 0 Å². The van der Waals surface area contributed by atoms with Crippen molar-refractivity contribution < 1.29 is 0 Å². The highest BCUT2D eigenvalue weighted by Crippen LogP contribution is 2.26. The molecule has 0 aliphatic rings. The molecule has 4 aromatic heterocycles. The van der Waals surface area contributed by atoms with Crippen LogP contribution in [0, 0.1) is 0 Å². The van der Waals surface area contributed by atoms with E-state index in [-0.39, 0.29) is 5.69 Å². The lowest BCUT2D eigenvalue weighted by Crippen LogP contribution is -2.26. The second-order valence-electron chi connectivity index (χ2n) is 8.12. The summed E-state index contributed by atoms with van der Waals surface area (Å²) < 4.78 is 5.22. The highest BCUT2D eigenvalue weighted by Gasteiger charge is 2.16. The fourth-order valence-electron chi connectivity index (χ4n) is 4.11. The normalized spacial score (nSPS) is 11.2. The zero-order chi connectivity index (χ0) is 23.5. The Bertz CT molecular complexity index is 1440. The van der Waals surface area contributed by atoms with Gasteiger partial charge >= 0.3 is 5.69 Å². The Kier molecular flexibility index (Phi) is 5.86. The number of aromatic amines is 1. The van der Waals surface area contributed by atoms with Crippen LogP contribution in [0.3, 0.4) is 0 Å².